The van der Waals surface area contributed by atoms with E-state index in [0.29, 0.717) is 0 Å². The van der Waals surface area contributed by atoms with Crippen molar-refractivity contribution in [2.75, 3.05) is 13.1 Å². The van der Waals surface area contributed by atoms with Crippen molar-refractivity contribution in [2.45, 2.75) is 20.4 Å². The first-order chi connectivity index (χ1) is 7.85. The molecular weight excluding hydrogens is 194 g/mol. The molecule has 1 nitrogen and oxygen atoms in total. The van der Waals surface area contributed by atoms with Crippen molar-refractivity contribution in [3.63, 3.8) is 0 Å². The first-order valence-corrected chi connectivity index (χ1v) is 5.95. The molecule has 83 valence electrons. The van der Waals surface area contributed by atoms with Crippen LogP contribution in [0.3, 0.4) is 0 Å². The van der Waals surface area contributed by atoms with Crippen molar-refractivity contribution < 1.29 is 0 Å². The molecule has 1 heteroatoms. The van der Waals surface area contributed by atoms with E-state index in [-0.39, 0.29) is 0 Å². The summed E-state index contributed by atoms with van der Waals surface area (Å²) in [5, 5.41) is 2.55. The highest BCUT2D eigenvalue weighted by Crippen LogP contribution is 2.19. The van der Waals surface area contributed by atoms with Crippen molar-refractivity contribution >= 4 is 10.8 Å². The van der Waals surface area contributed by atoms with Gasteiger partial charge >= 0.3 is 0 Å². The SMILES string of the molecule is CCN(CC)Cc1cc[c]c2ccccc12. The lowest BCUT2D eigenvalue weighted by atomic mass is 10.0. The highest BCUT2D eigenvalue weighted by atomic mass is 15.1. The molecule has 0 spiro atoms. The maximum absolute atomic E-state index is 3.28. The molecule has 0 aliphatic heterocycles. The molecule has 0 aliphatic carbocycles. The molecule has 0 aromatic heterocycles. The predicted molar refractivity (Wildman–Crippen MR) is 69.4 cm³/mol. The van der Waals surface area contributed by atoms with E-state index in [1.54, 1.807) is 0 Å². The number of fused-ring (bicyclic) bond motifs is 1. The van der Waals surface area contributed by atoms with Gasteiger partial charge in [-0.2, -0.15) is 0 Å². The number of nitrogens with zero attached hydrogens (tertiary/aromatic N) is 1. The molecule has 0 bridgehead atoms. The van der Waals surface area contributed by atoms with E-state index in [9.17, 15) is 0 Å². The molecule has 0 heterocycles. The first kappa shape index (κ1) is 11.2. The maximum atomic E-state index is 3.28. The van der Waals surface area contributed by atoms with Crippen molar-refractivity contribution in [3.8, 4) is 0 Å². The van der Waals surface area contributed by atoms with Crippen molar-refractivity contribution in [1.29, 1.82) is 0 Å². The third-order valence-electron chi connectivity index (χ3n) is 3.08. The van der Waals surface area contributed by atoms with Gasteiger partial charge in [-0.25, -0.2) is 0 Å². The molecule has 2 aromatic rings. The molecule has 0 N–H and O–H groups in total. The molecule has 2 rings (SSSR count). The highest BCUT2D eigenvalue weighted by Gasteiger charge is 2.04. The minimum Gasteiger partial charge on any atom is -0.300 e. The summed E-state index contributed by atoms with van der Waals surface area (Å²) >= 11 is 0. The minimum atomic E-state index is 1.03. The lowest BCUT2D eigenvalue weighted by molar-refractivity contribution is 0.297. The topological polar surface area (TPSA) is 3.24 Å². The summed E-state index contributed by atoms with van der Waals surface area (Å²) in [5.41, 5.74) is 1.40. The Bertz CT molecular complexity index is 452. The van der Waals surface area contributed by atoms with Crippen LogP contribution in [0.25, 0.3) is 10.8 Å². The monoisotopic (exact) mass is 212 g/mol. The third-order valence-corrected chi connectivity index (χ3v) is 3.08. The van der Waals surface area contributed by atoms with Crippen LogP contribution < -0.4 is 0 Å². The lowest BCUT2D eigenvalue weighted by Crippen LogP contribution is -2.22. The van der Waals surface area contributed by atoms with Crippen LogP contribution in [-0.2, 0) is 6.54 Å². The van der Waals surface area contributed by atoms with Gasteiger partial charge in [0, 0.05) is 6.54 Å². The van der Waals surface area contributed by atoms with Crippen LogP contribution in [0.5, 0.6) is 0 Å². The van der Waals surface area contributed by atoms with Crippen LogP contribution in [0.1, 0.15) is 19.4 Å². The van der Waals surface area contributed by atoms with E-state index in [1.165, 1.54) is 16.3 Å². The Labute approximate surface area is 97.7 Å². The second kappa shape index (κ2) is 5.13. The zero-order valence-electron chi connectivity index (χ0n) is 10.0. The fraction of sp³-hybridized carbons (Fsp3) is 0.333. The number of rotatable bonds is 4. The molecule has 0 saturated carbocycles. The predicted octanol–water partition coefficient (Wildman–Crippen LogP) is 3.48. The Kier molecular flexibility index (Phi) is 3.58. The third kappa shape index (κ3) is 2.25. The van der Waals surface area contributed by atoms with Crippen molar-refractivity contribution in [2.24, 2.45) is 0 Å². The summed E-state index contributed by atoms with van der Waals surface area (Å²) in [6.07, 6.45) is 0. The average Bonchev–Trinajstić information content (AvgIpc) is 2.36. The highest BCUT2D eigenvalue weighted by molar-refractivity contribution is 5.85. The normalized spacial score (nSPS) is 11.2. The number of hydrogen-bond donors (Lipinski definition) is 0. The maximum Gasteiger partial charge on any atom is 0.0239 e. The summed E-state index contributed by atoms with van der Waals surface area (Å²) in [7, 11) is 0. The van der Waals surface area contributed by atoms with E-state index in [0.717, 1.165) is 19.6 Å². The van der Waals surface area contributed by atoms with Gasteiger partial charge in [0.15, 0.2) is 0 Å². The van der Waals surface area contributed by atoms with E-state index >= 15 is 0 Å². The van der Waals surface area contributed by atoms with E-state index in [1.807, 2.05) is 6.07 Å². The van der Waals surface area contributed by atoms with Gasteiger partial charge in [0.05, 0.1) is 0 Å². The summed E-state index contributed by atoms with van der Waals surface area (Å²) in [6, 6.07) is 16.0. The largest absolute Gasteiger partial charge is 0.300 e. The fourth-order valence-corrected chi connectivity index (χ4v) is 2.04. The van der Waals surface area contributed by atoms with Crippen LogP contribution in [0.2, 0.25) is 0 Å². The first-order valence-electron chi connectivity index (χ1n) is 5.95. The molecule has 1 radical (unpaired) electrons. The van der Waals surface area contributed by atoms with Crippen LogP contribution in [0.4, 0.5) is 0 Å². The Morgan fingerprint density at radius 3 is 2.56 bits per heavy atom. The van der Waals surface area contributed by atoms with E-state index in [2.05, 4.69) is 55.1 Å². The summed E-state index contributed by atoms with van der Waals surface area (Å²) < 4.78 is 0. The van der Waals surface area contributed by atoms with Gasteiger partial charge in [-0.05, 0) is 35.5 Å². The molecule has 0 saturated heterocycles. The molecule has 2 aromatic carbocycles. The fourth-order valence-electron chi connectivity index (χ4n) is 2.04. The molecule has 0 aliphatic rings. The second-order valence-corrected chi connectivity index (χ2v) is 4.01. The smallest absolute Gasteiger partial charge is 0.0239 e. The van der Waals surface area contributed by atoms with Crippen LogP contribution in [-0.4, -0.2) is 18.0 Å². The van der Waals surface area contributed by atoms with Gasteiger partial charge in [0.2, 0.25) is 0 Å². The van der Waals surface area contributed by atoms with Crippen molar-refractivity contribution in [1.82, 2.24) is 4.90 Å². The van der Waals surface area contributed by atoms with Crippen molar-refractivity contribution in [3.05, 3.63) is 48.0 Å². The molecule has 0 amide bonds. The molecule has 0 unspecified atom stereocenters. The van der Waals surface area contributed by atoms with E-state index < -0.39 is 0 Å². The lowest BCUT2D eigenvalue weighted by Gasteiger charge is -2.19. The zero-order chi connectivity index (χ0) is 11.4. The second-order valence-electron chi connectivity index (χ2n) is 4.01. The molecular formula is C15H18N. The summed E-state index contributed by atoms with van der Waals surface area (Å²) in [6.45, 7) is 7.65. The summed E-state index contributed by atoms with van der Waals surface area (Å²) in [4.78, 5) is 2.43. The van der Waals surface area contributed by atoms with Crippen LogP contribution in [0, 0.1) is 6.07 Å². The van der Waals surface area contributed by atoms with E-state index in [4.69, 9.17) is 0 Å². The Morgan fingerprint density at radius 1 is 1.06 bits per heavy atom. The van der Waals surface area contributed by atoms with Crippen LogP contribution >= 0.6 is 0 Å². The number of hydrogen-bond acceptors (Lipinski definition) is 1. The minimum absolute atomic E-state index is 1.03. The molecule has 16 heavy (non-hydrogen) atoms. The quantitative estimate of drug-likeness (QED) is 0.750. The van der Waals surface area contributed by atoms with Gasteiger partial charge in [-0.3, -0.25) is 4.90 Å². The Balaban J connectivity index is 2.36. The van der Waals surface area contributed by atoms with Crippen LogP contribution in [0.15, 0.2) is 36.4 Å². The van der Waals surface area contributed by atoms with Gasteiger partial charge in [-0.1, -0.05) is 50.2 Å². The standard InChI is InChI=1S/C15H18N/c1-3-16(4-2)12-14-10-7-9-13-8-5-6-11-15(13)14/h5-8,10-11H,3-4,12H2,1-2H3. The Hall–Kier alpha value is -1.34. The number of benzene rings is 2. The van der Waals surface area contributed by atoms with Gasteiger partial charge in [0.25, 0.3) is 0 Å². The molecule has 0 atom stereocenters. The van der Waals surface area contributed by atoms with Gasteiger partial charge < -0.3 is 0 Å². The Morgan fingerprint density at radius 2 is 1.81 bits per heavy atom. The molecule has 0 fully saturated rings. The average molecular weight is 212 g/mol. The zero-order valence-corrected chi connectivity index (χ0v) is 10.0. The summed E-state index contributed by atoms with van der Waals surface area (Å²) in [5.74, 6) is 0. The van der Waals surface area contributed by atoms with Gasteiger partial charge in [0.1, 0.15) is 0 Å². The van der Waals surface area contributed by atoms with Gasteiger partial charge in [-0.15, -0.1) is 0 Å².